The lowest BCUT2D eigenvalue weighted by Crippen LogP contribution is -2.01. The lowest BCUT2D eigenvalue weighted by Gasteiger charge is -2.10. The summed E-state index contributed by atoms with van der Waals surface area (Å²) in [4.78, 5) is 4.13. The van der Waals surface area contributed by atoms with Crippen LogP contribution in [0.2, 0.25) is 10.0 Å². The van der Waals surface area contributed by atoms with Gasteiger partial charge in [0.1, 0.15) is 0 Å². The van der Waals surface area contributed by atoms with Crippen molar-refractivity contribution in [2.75, 3.05) is 12.4 Å². The van der Waals surface area contributed by atoms with Gasteiger partial charge in [-0.1, -0.05) is 29.3 Å². The first-order valence-electron chi connectivity index (χ1n) is 5.48. The van der Waals surface area contributed by atoms with Gasteiger partial charge in [0.15, 0.2) is 0 Å². The van der Waals surface area contributed by atoms with Gasteiger partial charge in [-0.15, -0.1) is 0 Å². The lowest BCUT2D eigenvalue weighted by molar-refractivity contribution is 0.397. The molecule has 0 unspecified atom stereocenters. The summed E-state index contributed by atoms with van der Waals surface area (Å²) in [7, 11) is 1.59. The minimum Gasteiger partial charge on any atom is -0.481 e. The molecule has 19 heavy (non-hydrogen) atoms. The molecule has 0 atom stereocenters. The van der Waals surface area contributed by atoms with Crippen molar-refractivity contribution in [1.29, 1.82) is 0 Å². The molecule has 100 valence electrons. The molecule has 3 nitrogen and oxygen atoms in total. The summed E-state index contributed by atoms with van der Waals surface area (Å²) in [5.74, 6) is 0.591. The number of rotatable bonds is 4. The maximum absolute atomic E-state index is 6.15. The van der Waals surface area contributed by atoms with Crippen molar-refractivity contribution in [3.8, 4) is 5.88 Å². The quantitative estimate of drug-likeness (QED) is 0.796. The topological polar surface area (TPSA) is 34.1 Å². The van der Waals surface area contributed by atoms with Gasteiger partial charge < -0.3 is 10.1 Å². The van der Waals surface area contributed by atoms with E-state index < -0.39 is 0 Å². The van der Waals surface area contributed by atoms with E-state index >= 15 is 0 Å². The summed E-state index contributed by atoms with van der Waals surface area (Å²) in [5.41, 5.74) is 1.81. The second kappa shape index (κ2) is 6.46. The highest BCUT2D eigenvalue weighted by Gasteiger charge is 2.08. The molecule has 1 heterocycles. The van der Waals surface area contributed by atoms with Crippen molar-refractivity contribution >= 4 is 44.8 Å². The average Bonchev–Trinajstić information content (AvgIpc) is 2.45. The maximum atomic E-state index is 6.15. The van der Waals surface area contributed by atoms with E-state index in [9.17, 15) is 0 Å². The first-order chi connectivity index (χ1) is 9.11. The molecule has 0 aliphatic rings. The molecule has 6 heteroatoms. The second-order valence-electron chi connectivity index (χ2n) is 3.79. The van der Waals surface area contributed by atoms with Crippen LogP contribution in [0.15, 0.2) is 34.9 Å². The van der Waals surface area contributed by atoms with Crippen molar-refractivity contribution in [2.24, 2.45) is 0 Å². The van der Waals surface area contributed by atoms with Gasteiger partial charge in [0.25, 0.3) is 0 Å². The van der Waals surface area contributed by atoms with E-state index in [1.807, 2.05) is 24.3 Å². The maximum Gasteiger partial charge on any atom is 0.212 e. The van der Waals surface area contributed by atoms with Crippen LogP contribution < -0.4 is 10.1 Å². The van der Waals surface area contributed by atoms with Crippen LogP contribution in [0.3, 0.4) is 0 Å². The summed E-state index contributed by atoms with van der Waals surface area (Å²) in [6, 6.07) is 7.47. The number of pyridine rings is 1. The molecule has 0 spiro atoms. The fraction of sp³-hybridized carbons (Fsp3) is 0.154. The molecule has 2 rings (SSSR count). The van der Waals surface area contributed by atoms with E-state index in [0.29, 0.717) is 22.5 Å². The molecule has 0 aliphatic carbocycles. The summed E-state index contributed by atoms with van der Waals surface area (Å²) in [6.07, 6.45) is 1.75. The number of aromatic nitrogens is 1. The van der Waals surface area contributed by atoms with Gasteiger partial charge in [-0.25, -0.2) is 4.98 Å². The number of benzene rings is 1. The zero-order valence-corrected chi connectivity index (χ0v) is 13.2. The molecule has 0 bridgehead atoms. The normalized spacial score (nSPS) is 10.3. The SMILES string of the molecule is COc1ccc(CNc2ccc(Br)c(Cl)c2Cl)cn1. The van der Waals surface area contributed by atoms with Crippen LogP contribution in [0, 0.1) is 0 Å². The van der Waals surface area contributed by atoms with E-state index in [-0.39, 0.29) is 0 Å². The lowest BCUT2D eigenvalue weighted by atomic mass is 10.2. The molecule has 2 aromatic rings. The number of hydrogen-bond donors (Lipinski definition) is 1. The van der Waals surface area contributed by atoms with E-state index in [0.717, 1.165) is 15.7 Å². The van der Waals surface area contributed by atoms with Crippen molar-refractivity contribution in [2.45, 2.75) is 6.54 Å². The number of ether oxygens (including phenoxy) is 1. The fourth-order valence-electron chi connectivity index (χ4n) is 1.50. The fourth-order valence-corrected chi connectivity index (χ4v) is 2.34. The summed E-state index contributed by atoms with van der Waals surface area (Å²) < 4.78 is 5.78. The third-order valence-corrected chi connectivity index (χ3v) is 4.30. The molecular weight excluding hydrogens is 351 g/mol. The van der Waals surface area contributed by atoms with Crippen LogP contribution in [-0.2, 0) is 6.54 Å². The van der Waals surface area contributed by atoms with Gasteiger partial charge >= 0.3 is 0 Å². The van der Waals surface area contributed by atoms with Crippen LogP contribution in [-0.4, -0.2) is 12.1 Å². The highest BCUT2D eigenvalue weighted by Crippen LogP contribution is 2.35. The number of nitrogens with zero attached hydrogens (tertiary/aromatic N) is 1. The number of nitrogens with one attached hydrogen (secondary N) is 1. The summed E-state index contributed by atoms with van der Waals surface area (Å²) in [5, 5.41) is 4.21. The van der Waals surface area contributed by atoms with Crippen molar-refractivity contribution < 1.29 is 4.74 Å². The van der Waals surface area contributed by atoms with Crippen molar-refractivity contribution in [3.05, 3.63) is 50.5 Å². The zero-order chi connectivity index (χ0) is 13.8. The van der Waals surface area contributed by atoms with Crippen LogP contribution in [0.5, 0.6) is 5.88 Å². The number of anilines is 1. The Morgan fingerprint density at radius 3 is 2.63 bits per heavy atom. The average molecular weight is 362 g/mol. The Balaban J connectivity index is 2.08. The first-order valence-corrected chi connectivity index (χ1v) is 7.03. The van der Waals surface area contributed by atoms with E-state index in [2.05, 4.69) is 26.2 Å². The Kier molecular flexibility index (Phi) is 4.91. The van der Waals surface area contributed by atoms with Gasteiger partial charge in [0.05, 0.1) is 22.8 Å². The van der Waals surface area contributed by atoms with E-state index in [1.165, 1.54) is 0 Å². The minimum absolute atomic E-state index is 0.498. The Morgan fingerprint density at radius 2 is 2.00 bits per heavy atom. The Hall–Kier alpha value is -0.970. The Labute approximate surface area is 130 Å². The number of hydrogen-bond acceptors (Lipinski definition) is 3. The molecule has 0 radical (unpaired) electrons. The molecule has 1 N–H and O–H groups in total. The second-order valence-corrected chi connectivity index (χ2v) is 5.40. The molecular formula is C13H11BrCl2N2O. The van der Waals surface area contributed by atoms with Gasteiger partial charge in [-0.3, -0.25) is 0 Å². The van der Waals surface area contributed by atoms with Crippen molar-refractivity contribution in [3.63, 3.8) is 0 Å². The third kappa shape index (κ3) is 3.53. The number of methoxy groups -OCH3 is 1. The highest BCUT2D eigenvalue weighted by molar-refractivity contribution is 9.10. The minimum atomic E-state index is 0.498. The summed E-state index contributed by atoms with van der Waals surface area (Å²) in [6.45, 7) is 0.606. The van der Waals surface area contributed by atoms with Gasteiger partial charge in [0.2, 0.25) is 5.88 Å². The molecule has 1 aromatic heterocycles. The summed E-state index contributed by atoms with van der Waals surface area (Å²) >= 11 is 15.5. The van der Waals surface area contributed by atoms with Crippen LogP contribution in [0.1, 0.15) is 5.56 Å². The van der Waals surface area contributed by atoms with Crippen LogP contribution in [0.4, 0.5) is 5.69 Å². The smallest absolute Gasteiger partial charge is 0.212 e. The Bertz CT molecular complexity index is 576. The highest BCUT2D eigenvalue weighted by atomic mass is 79.9. The molecule has 1 aromatic carbocycles. The molecule has 0 aliphatic heterocycles. The largest absolute Gasteiger partial charge is 0.481 e. The van der Waals surface area contributed by atoms with Crippen LogP contribution >= 0.6 is 39.1 Å². The van der Waals surface area contributed by atoms with Crippen LogP contribution in [0.25, 0.3) is 0 Å². The zero-order valence-electron chi connectivity index (χ0n) is 10.1. The molecule has 0 saturated carbocycles. The van der Waals surface area contributed by atoms with E-state index in [4.69, 9.17) is 27.9 Å². The molecule has 0 fully saturated rings. The monoisotopic (exact) mass is 360 g/mol. The van der Waals surface area contributed by atoms with Gasteiger partial charge in [0, 0.05) is 23.3 Å². The predicted molar refractivity (Wildman–Crippen MR) is 82.3 cm³/mol. The third-order valence-electron chi connectivity index (χ3n) is 2.52. The van der Waals surface area contributed by atoms with Gasteiger partial charge in [-0.05, 0) is 33.6 Å². The standard InChI is InChI=1S/C13H11BrCl2N2O/c1-19-11-5-2-8(7-18-11)6-17-10-4-3-9(14)12(15)13(10)16/h2-5,7,17H,6H2,1H3. The number of halogens is 3. The molecule has 0 saturated heterocycles. The van der Waals surface area contributed by atoms with Crippen molar-refractivity contribution in [1.82, 2.24) is 4.98 Å². The van der Waals surface area contributed by atoms with E-state index in [1.54, 1.807) is 13.3 Å². The molecule has 0 amide bonds. The Morgan fingerprint density at radius 1 is 1.21 bits per heavy atom. The van der Waals surface area contributed by atoms with Gasteiger partial charge in [-0.2, -0.15) is 0 Å². The predicted octanol–water partition coefficient (Wildman–Crippen LogP) is 4.77. The first kappa shape index (κ1) is 14.4.